The monoisotopic (exact) mass is 205 g/mol. The molecule has 0 fully saturated rings. The molecule has 0 saturated heterocycles. The summed E-state index contributed by atoms with van der Waals surface area (Å²) in [4.78, 5) is 0. The highest BCUT2D eigenvalue weighted by atomic mass is 16.5. The van der Waals surface area contributed by atoms with E-state index in [1.54, 1.807) is 7.11 Å². The molecule has 0 amide bonds. The van der Waals surface area contributed by atoms with Crippen LogP contribution < -0.4 is 5.32 Å². The van der Waals surface area contributed by atoms with Crippen molar-refractivity contribution in [2.45, 2.75) is 26.4 Å². The van der Waals surface area contributed by atoms with Gasteiger partial charge in [0.05, 0.1) is 12.7 Å². The first-order valence-corrected chi connectivity index (χ1v) is 5.00. The number of aliphatic hydroxyl groups is 2. The molecule has 86 valence electrons. The maximum absolute atomic E-state index is 9.34. The first-order chi connectivity index (χ1) is 6.52. The van der Waals surface area contributed by atoms with E-state index in [1.165, 1.54) is 0 Å². The molecule has 0 bridgehead atoms. The van der Waals surface area contributed by atoms with Crippen molar-refractivity contribution >= 4 is 0 Å². The highest BCUT2D eigenvalue weighted by Crippen LogP contribution is 2.17. The Morgan fingerprint density at radius 2 is 2.07 bits per heavy atom. The van der Waals surface area contributed by atoms with Crippen molar-refractivity contribution in [2.75, 3.05) is 33.4 Å². The normalized spacial score (nSPS) is 14.4. The van der Waals surface area contributed by atoms with Crippen molar-refractivity contribution in [1.82, 2.24) is 5.32 Å². The lowest BCUT2D eigenvalue weighted by molar-refractivity contribution is 0.0624. The topological polar surface area (TPSA) is 61.7 Å². The standard InChI is InChI=1S/C10H23NO3/c1-10(2,4-5-12)8-11-6-9(13)7-14-3/h9,11-13H,4-8H2,1-3H3. The average Bonchev–Trinajstić information content (AvgIpc) is 2.03. The molecule has 3 N–H and O–H groups in total. The SMILES string of the molecule is COCC(O)CNCC(C)(C)CCO. The van der Waals surface area contributed by atoms with Gasteiger partial charge in [0.2, 0.25) is 0 Å². The summed E-state index contributed by atoms with van der Waals surface area (Å²) >= 11 is 0. The smallest absolute Gasteiger partial charge is 0.0897 e. The fraction of sp³-hybridized carbons (Fsp3) is 1.00. The maximum Gasteiger partial charge on any atom is 0.0897 e. The summed E-state index contributed by atoms with van der Waals surface area (Å²) in [5, 5.41) is 21.3. The van der Waals surface area contributed by atoms with Gasteiger partial charge in [0, 0.05) is 26.8 Å². The molecule has 1 atom stereocenters. The molecule has 0 heterocycles. The first kappa shape index (κ1) is 13.8. The average molecular weight is 205 g/mol. The largest absolute Gasteiger partial charge is 0.396 e. The Hall–Kier alpha value is -0.160. The van der Waals surface area contributed by atoms with Gasteiger partial charge in [-0.05, 0) is 11.8 Å². The lowest BCUT2D eigenvalue weighted by Gasteiger charge is -2.24. The Morgan fingerprint density at radius 1 is 1.43 bits per heavy atom. The zero-order chi connectivity index (χ0) is 11.0. The van der Waals surface area contributed by atoms with Gasteiger partial charge in [-0.25, -0.2) is 0 Å². The van der Waals surface area contributed by atoms with Crippen LogP contribution in [-0.4, -0.2) is 49.7 Å². The predicted molar refractivity (Wildman–Crippen MR) is 56.2 cm³/mol. The minimum absolute atomic E-state index is 0.0710. The summed E-state index contributed by atoms with van der Waals surface area (Å²) < 4.78 is 4.80. The van der Waals surface area contributed by atoms with Crippen molar-refractivity contribution < 1.29 is 14.9 Å². The van der Waals surface area contributed by atoms with Crippen LogP contribution in [0.2, 0.25) is 0 Å². The van der Waals surface area contributed by atoms with Crippen molar-refractivity contribution in [3.63, 3.8) is 0 Å². The molecule has 0 rings (SSSR count). The van der Waals surface area contributed by atoms with Crippen LogP contribution in [0.15, 0.2) is 0 Å². The highest BCUT2D eigenvalue weighted by Gasteiger charge is 2.16. The van der Waals surface area contributed by atoms with Gasteiger partial charge in [0.25, 0.3) is 0 Å². The van der Waals surface area contributed by atoms with E-state index in [0.717, 1.165) is 13.0 Å². The fourth-order valence-corrected chi connectivity index (χ4v) is 1.22. The van der Waals surface area contributed by atoms with E-state index in [0.29, 0.717) is 13.2 Å². The molecule has 0 aromatic carbocycles. The Morgan fingerprint density at radius 3 is 2.57 bits per heavy atom. The minimum Gasteiger partial charge on any atom is -0.396 e. The predicted octanol–water partition coefficient (Wildman–Crippen LogP) is -0.00810. The van der Waals surface area contributed by atoms with Gasteiger partial charge in [0.15, 0.2) is 0 Å². The van der Waals surface area contributed by atoms with Crippen molar-refractivity contribution in [2.24, 2.45) is 5.41 Å². The van der Waals surface area contributed by atoms with Crippen LogP contribution in [0.3, 0.4) is 0 Å². The van der Waals surface area contributed by atoms with Gasteiger partial charge in [-0.15, -0.1) is 0 Å². The lowest BCUT2D eigenvalue weighted by atomic mass is 9.90. The quantitative estimate of drug-likeness (QED) is 0.521. The Kier molecular flexibility index (Phi) is 7.09. The summed E-state index contributed by atoms with van der Waals surface area (Å²) in [5.41, 5.74) is 0.0710. The molecule has 0 aromatic rings. The van der Waals surface area contributed by atoms with Gasteiger partial charge in [0.1, 0.15) is 0 Å². The van der Waals surface area contributed by atoms with Crippen LogP contribution in [-0.2, 0) is 4.74 Å². The molecule has 4 heteroatoms. The third-order valence-electron chi connectivity index (χ3n) is 2.13. The van der Waals surface area contributed by atoms with E-state index >= 15 is 0 Å². The van der Waals surface area contributed by atoms with Crippen LogP contribution in [0.25, 0.3) is 0 Å². The molecule has 1 unspecified atom stereocenters. The third-order valence-corrected chi connectivity index (χ3v) is 2.13. The van der Waals surface area contributed by atoms with Crippen molar-refractivity contribution in [3.05, 3.63) is 0 Å². The fourth-order valence-electron chi connectivity index (χ4n) is 1.22. The number of nitrogens with one attached hydrogen (secondary N) is 1. The molecule has 0 aliphatic rings. The van der Waals surface area contributed by atoms with E-state index in [2.05, 4.69) is 19.2 Å². The minimum atomic E-state index is -0.454. The first-order valence-electron chi connectivity index (χ1n) is 5.00. The van der Waals surface area contributed by atoms with Crippen LogP contribution in [0, 0.1) is 5.41 Å². The summed E-state index contributed by atoms with van der Waals surface area (Å²) in [7, 11) is 1.57. The van der Waals surface area contributed by atoms with Gasteiger partial charge in [-0.3, -0.25) is 0 Å². The third kappa shape index (κ3) is 7.26. The number of rotatable bonds is 8. The van der Waals surface area contributed by atoms with Crippen molar-refractivity contribution in [3.8, 4) is 0 Å². The van der Waals surface area contributed by atoms with Gasteiger partial charge < -0.3 is 20.3 Å². The Balaban J connectivity index is 3.51. The zero-order valence-electron chi connectivity index (χ0n) is 9.42. The maximum atomic E-state index is 9.34. The molecule has 0 radical (unpaired) electrons. The molecule has 14 heavy (non-hydrogen) atoms. The second-order valence-corrected chi connectivity index (χ2v) is 4.38. The van der Waals surface area contributed by atoms with Crippen molar-refractivity contribution in [1.29, 1.82) is 0 Å². The number of hydrogen-bond donors (Lipinski definition) is 3. The zero-order valence-corrected chi connectivity index (χ0v) is 9.42. The van der Waals surface area contributed by atoms with Crippen LogP contribution in [0.1, 0.15) is 20.3 Å². The Labute approximate surface area is 86.3 Å². The molecular formula is C10H23NO3. The van der Waals surface area contributed by atoms with E-state index < -0.39 is 6.10 Å². The molecule has 0 spiro atoms. The molecule has 0 aromatic heterocycles. The number of methoxy groups -OCH3 is 1. The van der Waals surface area contributed by atoms with E-state index in [4.69, 9.17) is 9.84 Å². The number of aliphatic hydroxyl groups excluding tert-OH is 2. The summed E-state index contributed by atoms with van der Waals surface area (Å²) in [6.45, 7) is 6.04. The summed E-state index contributed by atoms with van der Waals surface area (Å²) in [6, 6.07) is 0. The summed E-state index contributed by atoms with van der Waals surface area (Å²) in [6.07, 6.45) is 0.310. The summed E-state index contributed by atoms with van der Waals surface area (Å²) in [5.74, 6) is 0. The molecule has 0 aliphatic carbocycles. The second kappa shape index (κ2) is 7.17. The van der Waals surface area contributed by atoms with Crippen LogP contribution in [0.4, 0.5) is 0 Å². The van der Waals surface area contributed by atoms with E-state index in [1.807, 2.05) is 0 Å². The van der Waals surface area contributed by atoms with Gasteiger partial charge >= 0.3 is 0 Å². The Bertz CT molecular complexity index is 139. The van der Waals surface area contributed by atoms with E-state index in [9.17, 15) is 5.11 Å². The van der Waals surface area contributed by atoms with Gasteiger partial charge in [-0.2, -0.15) is 0 Å². The number of hydrogen-bond acceptors (Lipinski definition) is 4. The number of ether oxygens (including phenoxy) is 1. The molecular weight excluding hydrogens is 182 g/mol. The van der Waals surface area contributed by atoms with Gasteiger partial charge in [-0.1, -0.05) is 13.8 Å². The highest BCUT2D eigenvalue weighted by molar-refractivity contribution is 4.72. The van der Waals surface area contributed by atoms with E-state index in [-0.39, 0.29) is 12.0 Å². The molecule has 0 aliphatic heterocycles. The second-order valence-electron chi connectivity index (χ2n) is 4.38. The lowest BCUT2D eigenvalue weighted by Crippen LogP contribution is -2.36. The van der Waals surface area contributed by atoms with Crippen LogP contribution in [0.5, 0.6) is 0 Å². The molecule has 0 saturated carbocycles. The molecule has 4 nitrogen and oxygen atoms in total. The van der Waals surface area contributed by atoms with Crippen LogP contribution >= 0.6 is 0 Å².